The predicted octanol–water partition coefficient (Wildman–Crippen LogP) is 3.86. The van der Waals surface area contributed by atoms with Crippen molar-refractivity contribution in [2.75, 3.05) is 6.61 Å². The van der Waals surface area contributed by atoms with Crippen LogP contribution in [0.3, 0.4) is 0 Å². The highest BCUT2D eigenvalue weighted by atomic mass is 16.5. The zero-order valence-corrected chi connectivity index (χ0v) is 19.8. The van der Waals surface area contributed by atoms with Crippen LogP contribution in [-0.2, 0) is 4.79 Å². The number of ether oxygens (including phenoxy) is 1. The Kier molecular flexibility index (Phi) is 9.19. The van der Waals surface area contributed by atoms with Gasteiger partial charge in [-0.15, -0.1) is 0 Å². The van der Waals surface area contributed by atoms with Gasteiger partial charge in [0.2, 0.25) is 5.91 Å². The third-order valence-corrected chi connectivity index (χ3v) is 5.41. The van der Waals surface area contributed by atoms with Crippen LogP contribution in [0.4, 0.5) is 0 Å². The summed E-state index contributed by atoms with van der Waals surface area (Å²) in [5.74, 6) is 0.315. The minimum atomic E-state index is -1.54. The van der Waals surface area contributed by atoms with Crippen LogP contribution < -0.4 is 10.1 Å². The smallest absolute Gasteiger partial charge is 0.453 e. The molecule has 178 valence electrons. The summed E-state index contributed by atoms with van der Waals surface area (Å²) in [4.78, 5) is 16.8. The lowest BCUT2D eigenvalue weighted by atomic mass is 9.78. The van der Waals surface area contributed by atoms with Gasteiger partial charge in [0, 0.05) is 12.5 Å². The average molecular weight is 469 g/mol. The molecule has 1 atom stereocenters. The number of nitriles is 1. The fraction of sp³-hybridized carbons (Fsp3) is 0.222. The Morgan fingerprint density at radius 3 is 2.69 bits per heavy atom. The zero-order chi connectivity index (χ0) is 25.2. The van der Waals surface area contributed by atoms with E-state index < -0.39 is 13.2 Å². The van der Waals surface area contributed by atoms with Gasteiger partial charge in [-0.05, 0) is 60.9 Å². The van der Waals surface area contributed by atoms with Gasteiger partial charge in [-0.25, -0.2) is 0 Å². The highest BCUT2D eigenvalue weighted by Crippen LogP contribution is 2.23. The fourth-order valence-corrected chi connectivity index (χ4v) is 3.77. The molecule has 3 rings (SSSR count). The van der Waals surface area contributed by atoms with Gasteiger partial charge in [0.05, 0.1) is 30.3 Å². The topological polar surface area (TPSA) is 115 Å². The van der Waals surface area contributed by atoms with Crippen molar-refractivity contribution in [3.8, 4) is 11.8 Å². The molecule has 0 saturated carbocycles. The van der Waals surface area contributed by atoms with E-state index in [1.807, 2.05) is 50.2 Å². The standard InChI is InChI=1S/C27H28BN3O4/c1-19-9-10-24(20(2)14-19)26(17-28(33)34)31-27(32)11-13-35-23-7-5-6-21(16-23)15-22(18-29)25-8-3-4-12-30-25/h3-10,12,14-16,26,33-34H,11,13,17H2,1-2H3,(H,31,32)/t26-/m0/s1. The number of pyridine rings is 1. The fourth-order valence-electron chi connectivity index (χ4n) is 3.77. The first-order chi connectivity index (χ1) is 16.9. The van der Waals surface area contributed by atoms with Crippen LogP contribution in [0.2, 0.25) is 6.32 Å². The molecular weight excluding hydrogens is 441 g/mol. The number of benzene rings is 2. The molecule has 0 fully saturated rings. The zero-order valence-electron chi connectivity index (χ0n) is 19.8. The number of hydrogen-bond acceptors (Lipinski definition) is 6. The number of hydrogen-bond donors (Lipinski definition) is 3. The first-order valence-corrected chi connectivity index (χ1v) is 11.3. The van der Waals surface area contributed by atoms with Crippen LogP contribution in [0, 0.1) is 25.2 Å². The van der Waals surface area contributed by atoms with E-state index in [9.17, 15) is 20.1 Å². The summed E-state index contributed by atoms with van der Waals surface area (Å²) in [6.45, 7) is 4.06. The van der Waals surface area contributed by atoms with Gasteiger partial charge < -0.3 is 20.1 Å². The molecule has 0 aliphatic carbocycles. The Bertz CT molecular complexity index is 1220. The second kappa shape index (κ2) is 12.5. The number of carbonyl (C=O) groups excluding carboxylic acids is 1. The Hall–Kier alpha value is -3.93. The quantitative estimate of drug-likeness (QED) is 0.307. The number of allylic oxidation sites excluding steroid dienone is 1. The van der Waals surface area contributed by atoms with Crippen LogP contribution in [0.5, 0.6) is 5.75 Å². The Labute approximate surface area is 205 Å². The molecule has 8 heteroatoms. The molecule has 0 aliphatic heterocycles. The maximum absolute atomic E-state index is 12.6. The SMILES string of the molecule is Cc1ccc([C@H](CB(O)O)NC(=O)CCOc2cccc(C=C(C#N)c3ccccn3)c2)c(C)c1. The largest absolute Gasteiger partial charge is 0.493 e. The summed E-state index contributed by atoms with van der Waals surface area (Å²) < 4.78 is 5.76. The third kappa shape index (κ3) is 7.82. The number of amides is 1. The lowest BCUT2D eigenvalue weighted by molar-refractivity contribution is -0.122. The normalized spacial score (nSPS) is 11.9. The molecule has 1 heterocycles. The van der Waals surface area contributed by atoms with Crippen LogP contribution in [0.25, 0.3) is 11.6 Å². The summed E-state index contributed by atoms with van der Waals surface area (Å²) in [5.41, 5.74) is 4.71. The van der Waals surface area contributed by atoms with Crippen LogP contribution in [-0.4, -0.2) is 34.7 Å². The van der Waals surface area contributed by atoms with Crippen molar-refractivity contribution in [1.82, 2.24) is 10.3 Å². The second-order valence-corrected chi connectivity index (χ2v) is 8.25. The van der Waals surface area contributed by atoms with Gasteiger partial charge in [-0.1, -0.05) is 42.0 Å². The molecule has 2 aromatic carbocycles. The molecular formula is C27H28BN3O4. The molecule has 7 nitrogen and oxygen atoms in total. The van der Waals surface area contributed by atoms with Gasteiger partial charge >= 0.3 is 7.12 Å². The summed E-state index contributed by atoms with van der Waals surface area (Å²) in [5, 5.41) is 31.4. The summed E-state index contributed by atoms with van der Waals surface area (Å²) >= 11 is 0. The summed E-state index contributed by atoms with van der Waals surface area (Å²) in [6, 6.07) is 20.1. The number of carbonyl (C=O) groups is 1. The lowest BCUT2D eigenvalue weighted by Gasteiger charge is -2.21. The van der Waals surface area contributed by atoms with E-state index in [-0.39, 0.29) is 25.3 Å². The number of rotatable bonds is 10. The first kappa shape index (κ1) is 25.7. The van der Waals surface area contributed by atoms with Gasteiger partial charge in [-0.3, -0.25) is 9.78 Å². The van der Waals surface area contributed by atoms with Crippen molar-refractivity contribution in [3.05, 3.63) is 94.8 Å². The van der Waals surface area contributed by atoms with E-state index in [1.54, 1.807) is 36.5 Å². The Morgan fingerprint density at radius 2 is 2.00 bits per heavy atom. The molecule has 0 unspecified atom stereocenters. The maximum Gasteiger partial charge on any atom is 0.453 e. The molecule has 0 spiro atoms. The van der Waals surface area contributed by atoms with E-state index in [4.69, 9.17) is 4.74 Å². The molecule has 0 aliphatic rings. The molecule has 1 aromatic heterocycles. The summed E-state index contributed by atoms with van der Waals surface area (Å²) in [6.07, 6.45) is 3.45. The van der Waals surface area contributed by atoms with Crippen LogP contribution in [0.15, 0.2) is 66.9 Å². The molecule has 3 aromatic rings. The number of nitrogens with one attached hydrogen (secondary N) is 1. The highest BCUT2D eigenvalue weighted by molar-refractivity contribution is 6.41. The van der Waals surface area contributed by atoms with Gasteiger partial charge in [0.15, 0.2) is 0 Å². The molecule has 0 radical (unpaired) electrons. The number of aromatic nitrogens is 1. The van der Waals surface area contributed by atoms with Crippen molar-refractivity contribution < 1.29 is 19.6 Å². The average Bonchev–Trinajstić information content (AvgIpc) is 2.83. The lowest BCUT2D eigenvalue weighted by Crippen LogP contribution is -2.33. The van der Waals surface area contributed by atoms with Crippen molar-refractivity contribution in [2.24, 2.45) is 0 Å². The predicted molar refractivity (Wildman–Crippen MR) is 136 cm³/mol. The minimum absolute atomic E-state index is 0.0115. The van der Waals surface area contributed by atoms with Crippen LogP contribution >= 0.6 is 0 Å². The van der Waals surface area contributed by atoms with Crippen molar-refractivity contribution in [3.63, 3.8) is 0 Å². The summed E-state index contributed by atoms with van der Waals surface area (Å²) in [7, 11) is -1.54. The van der Waals surface area contributed by atoms with Crippen molar-refractivity contribution >= 4 is 24.7 Å². The van der Waals surface area contributed by atoms with E-state index in [2.05, 4.69) is 16.4 Å². The molecule has 0 saturated heterocycles. The van der Waals surface area contributed by atoms with Crippen LogP contribution in [0.1, 0.15) is 40.4 Å². The molecule has 0 bridgehead atoms. The van der Waals surface area contributed by atoms with E-state index in [0.29, 0.717) is 17.0 Å². The third-order valence-electron chi connectivity index (χ3n) is 5.41. The second-order valence-electron chi connectivity index (χ2n) is 8.25. The van der Waals surface area contributed by atoms with E-state index >= 15 is 0 Å². The van der Waals surface area contributed by atoms with Gasteiger partial charge in [-0.2, -0.15) is 5.26 Å². The van der Waals surface area contributed by atoms with E-state index in [0.717, 1.165) is 22.3 Å². The van der Waals surface area contributed by atoms with Gasteiger partial charge in [0.25, 0.3) is 0 Å². The molecule has 1 amide bonds. The number of nitrogens with zero attached hydrogens (tertiary/aromatic N) is 2. The minimum Gasteiger partial charge on any atom is -0.493 e. The highest BCUT2D eigenvalue weighted by Gasteiger charge is 2.22. The Balaban J connectivity index is 1.61. The Morgan fingerprint density at radius 1 is 1.17 bits per heavy atom. The monoisotopic (exact) mass is 469 g/mol. The molecule has 35 heavy (non-hydrogen) atoms. The first-order valence-electron chi connectivity index (χ1n) is 11.3. The van der Waals surface area contributed by atoms with E-state index in [1.165, 1.54) is 0 Å². The number of aryl methyl sites for hydroxylation is 2. The van der Waals surface area contributed by atoms with Crippen molar-refractivity contribution in [2.45, 2.75) is 32.6 Å². The van der Waals surface area contributed by atoms with Crippen molar-refractivity contribution in [1.29, 1.82) is 5.26 Å². The maximum atomic E-state index is 12.6. The van der Waals surface area contributed by atoms with Gasteiger partial charge in [0.1, 0.15) is 11.8 Å². The molecule has 3 N–H and O–H groups in total.